The molecular formula is C15H26N2O. The highest BCUT2D eigenvalue weighted by molar-refractivity contribution is 4.99. The van der Waals surface area contributed by atoms with Crippen molar-refractivity contribution in [1.82, 2.24) is 10.2 Å². The Bertz CT molecular complexity index is 330. The number of nitrogens with zero attached hydrogens (tertiary/aromatic N) is 1. The molecule has 0 aliphatic carbocycles. The molecule has 1 N–H and O–H groups in total. The molecule has 1 fully saturated rings. The fraction of sp³-hybridized carbons (Fsp3) is 0.733. The molecule has 102 valence electrons. The van der Waals surface area contributed by atoms with Crippen LogP contribution in [0.5, 0.6) is 0 Å². The van der Waals surface area contributed by atoms with Crippen molar-refractivity contribution in [3.63, 3.8) is 0 Å². The smallest absolute Gasteiger partial charge is 0.105 e. The second-order valence-corrected chi connectivity index (χ2v) is 5.37. The van der Waals surface area contributed by atoms with Gasteiger partial charge in [-0.3, -0.25) is 0 Å². The van der Waals surface area contributed by atoms with Crippen molar-refractivity contribution in [2.45, 2.75) is 45.1 Å². The lowest BCUT2D eigenvalue weighted by Crippen LogP contribution is -2.50. The summed E-state index contributed by atoms with van der Waals surface area (Å²) in [5.74, 6) is 1.10. The second kappa shape index (κ2) is 6.39. The monoisotopic (exact) mass is 250 g/mol. The van der Waals surface area contributed by atoms with Crippen LogP contribution >= 0.6 is 0 Å². The summed E-state index contributed by atoms with van der Waals surface area (Å²) in [5, 5.41) is 3.75. The molecule has 2 heterocycles. The molecule has 2 rings (SSSR count). The fourth-order valence-corrected chi connectivity index (χ4v) is 2.86. The summed E-state index contributed by atoms with van der Waals surface area (Å²) in [6, 6.07) is 4.05. The van der Waals surface area contributed by atoms with E-state index in [-0.39, 0.29) is 0 Å². The summed E-state index contributed by atoms with van der Waals surface area (Å²) in [5.41, 5.74) is 0.319. The highest BCUT2D eigenvalue weighted by Crippen LogP contribution is 2.20. The summed E-state index contributed by atoms with van der Waals surface area (Å²) >= 11 is 0. The molecule has 0 bridgehead atoms. The molecule has 1 aliphatic heterocycles. The molecule has 0 unspecified atom stereocenters. The zero-order chi connectivity index (χ0) is 12.8. The van der Waals surface area contributed by atoms with E-state index in [1.807, 2.05) is 6.07 Å². The van der Waals surface area contributed by atoms with Crippen molar-refractivity contribution in [3.05, 3.63) is 24.2 Å². The van der Waals surface area contributed by atoms with Crippen LogP contribution in [0.15, 0.2) is 22.8 Å². The lowest BCUT2D eigenvalue weighted by Gasteiger charge is -2.35. The fourth-order valence-electron chi connectivity index (χ4n) is 2.86. The third kappa shape index (κ3) is 3.36. The number of furan rings is 1. The first-order chi connectivity index (χ1) is 8.78. The van der Waals surface area contributed by atoms with E-state index in [9.17, 15) is 0 Å². The molecule has 1 aromatic rings. The van der Waals surface area contributed by atoms with Gasteiger partial charge in [-0.15, -0.1) is 0 Å². The van der Waals surface area contributed by atoms with Crippen LogP contribution in [-0.4, -0.2) is 36.6 Å². The molecule has 3 nitrogen and oxygen atoms in total. The second-order valence-electron chi connectivity index (χ2n) is 5.37. The van der Waals surface area contributed by atoms with E-state index in [1.54, 1.807) is 6.26 Å². The number of hydrogen-bond acceptors (Lipinski definition) is 3. The molecular weight excluding hydrogens is 224 g/mol. The maximum Gasteiger partial charge on any atom is 0.105 e. The van der Waals surface area contributed by atoms with E-state index in [1.165, 1.54) is 32.4 Å². The van der Waals surface area contributed by atoms with Gasteiger partial charge in [-0.05, 0) is 44.5 Å². The standard InChI is InChI=1S/C15H26N2O/c1-3-15(4-2)13-17(10-6-9-16-15)11-8-14-7-5-12-18-14/h5,7,12,16H,3-4,6,8-11,13H2,1-2H3. The van der Waals surface area contributed by atoms with Gasteiger partial charge in [-0.2, -0.15) is 0 Å². The number of hydrogen-bond donors (Lipinski definition) is 1. The molecule has 0 amide bonds. The van der Waals surface area contributed by atoms with Crippen molar-refractivity contribution >= 4 is 0 Å². The van der Waals surface area contributed by atoms with Gasteiger partial charge in [0.1, 0.15) is 5.76 Å². The van der Waals surface area contributed by atoms with Crippen molar-refractivity contribution in [2.24, 2.45) is 0 Å². The maximum absolute atomic E-state index is 5.42. The summed E-state index contributed by atoms with van der Waals surface area (Å²) in [7, 11) is 0. The van der Waals surface area contributed by atoms with Gasteiger partial charge in [0, 0.05) is 25.0 Å². The average molecular weight is 250 g/mol. The summed E-state index contributed by atoms with van der Waals surface area (Å²) in [6.07, 6.45) is 6.46. The molecule has 1 aliphatic rings. The van der Waals surface area contributed by atoms with Crippen molar-refractivity contribution in [2.75, 3.05) is 26.2 Å². The molecule has 1 aromatic heterocycles. The molecule has 18 heavy (non-hydrogen) atoms. The Morgan fingerprint density at radius 1 is 1.39 bits per heavy atom. The van der Waals surface area contributed by atoms with E-state index < -0.39 is 0 Å². The van der Waals surface area contributed by atoms with Crippen LogP contribution in [0.3, 0.4) is 0 Å². The van der Waals surface area contributed by atoms with E-state index >= 15 is 0 Å². The highest BCUT2D eigenvalue weighted by Gasteiger charge is 2.29. The van der Waals surface area contributed by atoms with E-state index in [0.717, 1.165) is 25.3 Å². The van der Waals surface area contributed by atoms with Crippen molar-refractivity contribution in [3.8, 4) is 0 Å². The lowest BCUT2D eigenvalue weighted by atomic mass is 9.92. The molecule has 0 radical (unpaired) electrons. The Balaban J connectivity index is 1.90. The van der Waals surface area contributed by atoms with E-state index in [2.05, 4.69) is 30.1 Å². The zero-order valence-electron chi connectivity index (χ0n) is 11.7. The van der Waals surface area contributed by atoms with E-state index in [4.69, 9.17) is 4.42 Å². The van der Waals surface area contributed by atoms with Crippen LogP contribution < -0.4 is 5.32 Å². The Kier molecular flexibility index (Phi) is 4.84. The largest absolute Gasteiger partial charge is 0.469 e. The summed E-state index contributed by atoms with van der Waals surface area (Å²) < 4.78 is 5.42. The van der Waals surface area contributed by atoms with Gasteiger partial charge in [-0.1, -0.05) is 13.8 Å². The average Bonchev–Trinajstić information content (AvgIpc) is 2.83. The number of nitrogens with one attached hydrogen (secondary N) is 1. The van der Waals surface area contributed by atoms with Crippen molar-refractivity contribution in [1.29, 1.82) is 0 Å². The molecule has 1 saturated heterocycles. The highest BCUT2D eigenvalue weighted by atomic mass is 16.3. The Morgan fingerprint density at radius 3 is 2.89 bits per heavy atom. The SMILES string of the molecule is CCC1(CC)CN(CCc2ccco2)CCCN1. The third-order valence-corrected chi connectivity index (χ3v) is 4.29. The molecule has 0 saturated carbocycles. The maximum atomic E-state index is 5.42. The number of rotatable bonds is 5. The first kappa shape index (κ1) is 13.6. The van der Waals surface area contributed by atoms with Gasteiger partial charge >= 0.3 is 0 Å². The minimum Gasteiger partial charge on any atom is -0.469 e. The quantitative estimate of drug-likeness (QED) is 0.871. The van der Waals surface area contributed by atoms with Crippen LogP contribution in [0.25, 0.3) is 0 Å². The Labute approximate surface area is 111 Å². The first-order valence-electron chi connectivity index (χ1n) is 7.28. The Hall–Kier alpha value is -0.800. The summed E-state index contributed by atoms with van der Waals surface area (Å²) in [6.45, 7) is 9.23. The van der Waals surface area contributed by atoms with Crippen LogP contribution in [0.2, 0.25) is 0 Å². The zero-order valence-corrected chi connectivity index (χ0v) is 11.7. The van der Waals surface area contributed by atoms with Gasteiger partial charge in [0.25, 0.3) is 0 Å². The molecule has 3 heteroatoms. The first-order valence-corrected chi connectivity index (χ1v) is 7.28. The predicted molar refractivity (Wildman–Crippen MR) is 74.8 cm³/mol. The van der Waals surface area contributed by atoms with Crippen LogP contribution in [0.1, 0.15) is 38.9 Å². The van der Waals surface area contributed by atoms with Crippen molar-refractivity contribution < 1.29 is 4.42 Å². The lowest BCUT2D eigenvalue weighted by molar-refractivity contribution is 0.196. The normalized spacial score (nSPS) is 20.8. The van der Waals surface area contributed by atoms with Gasteiger partial charge in [0.15, 0.2) is 0 Å². The van der Waals surface area contributed by atoms with Gasteiger partial charge in [0.2, 0.25) is 0 Å². The molecule has 0 spiro atoms. The third-order valence-electron chi connectivity index (χ3n) is 4.29. The van der Waals surface area contributed by atoms with Gasteiger partial charge in [0.05, 0.1) is 6.26 Å². The van der Waals surface area contributed by atoms with E-state index in [0.29, 0.717) is 5.54 Å². The van der Waals surface area contributed by atoms with Crippen LogP contribution in [-0.2, 0) is 6.42 Å². The van der Waals surface area contributed by atoms with Crippen LogP contribution in [0.4, 0.5) is 0 Å². The van der Waals surface area contributed by atoms with Gasteiger partial charge in [-0.25, -0.2) is 0 Å². The minimum atomic E-state index is 0.319. The van der Waals surface area contributed by atoms with Gasteiger partial charge < -0.3 is 14.6 Å². The molecule has 0 aromatic carbocycles. The predicted octanol–water partition coefficient (Wildman–Crippen LogP) is 2.68. The summed E-state index contributed by atoms with van der Waals surface area (Å²) in [4.78, 5) is 2.59. The topological polar surface area (TPSA) is 28.4 Å². The minimum absolute atomic E-state index is 0.319. The Morgan fingerprint density at radius 2 is 2.22 bits per heavy atom. The molecule has 0 atom stereocenters. The van der Waals surface area contributed by atoms with Crippen LogP contribution in [0, 0.1) is 0 Å².